The number of fused-ring (bicyclic) bond motifs is 1. The first kappa shape index (κ1) is 16.4. The van der Waals surface area contributed by atoms with Gasteiger partial charge in [0.05, 0.1) is 16.0 Å². The number of aromatic nitrogens is 2. The normalized spacial score (nSPS) is 18.0. The van der Waals surface area contributed by atoms with Gasteiger partial charge in [0.25, 0.3) is 5.69 Å². The largest absolute Gasteiger partial charge is 0.342 e. The maximum Gasteiger partial charge on any atom is 0.271 e. The lowest BCUT2D eigenvalue weighted by molar-refractivity contribution is -0.384. The van der Waals surface area contributed by atoms with Crippen LogP contribution in [0, 0.1) is 10.1 Å². The molecule has 1 atom stereocenters. The Bertz CT molecular complexity index is 755. The van der Waals surface area contributed by atoms with Crippen molar-refractivity contribution >= 4 is 22.6 Å². The van der Waals surface area contributed by atoms with Gasteiger partial charge in [-0.1, -0.05) is 6.92 Å². The number of amides is 1. The number of aryl methyl sites for hydroxylation is 1. The zero-order valence-electron chi connectivity index (χ0n) is 13.8. The average molecular weight is 330 g/mol. The van der Waals surface area contributed by atoms with Crippen molar-refractivity contribution in [3.05, 3.63) is 34.1 Å². The third kappa shape index (κ3) is 3.39. The molecule has 1 N–H and O–H groups in total. The lowest BCUT2D eigenvalue weighted by Crippen LogP contribution is -2.43. The van der Waals surface area contributed by atoms with Gasteiger partial charge < -0.3 is 9.88 Å². The molecule has 0 spiro atoms. The van der Waals surface area contributed by atoms with Crippen LogP contribution in [-0.2, 0) is 11.2 Å². The van der Waals surface area contributed by atoms with Crippen LogP contribution < -0.4 is 0 Å². The SMILES string of the molecule is CC[C@H]1CCCCN1C(=O)CCc1nc2ccc([N+](=O)[O-])cc2[nH]1. The highest BCUT2D eigenvalue weighted by atomic mass is 16.6. The van der Waals surface area contributed by atoms with Crippen LogP contribution in [0.2, 0.25) is 0 Å². The number of rotatable bonds is 5. The van der Waals surface area contributed by atoms with Crippen molar-refractivity contribution < 1.29 is 9.72 Å². The van der Waals surface area contributed by atoms with E-state index in [1.807, 2.05) is 4.90 Å². The fourth-order valence-corrected chi connectivity index (χ4v) is 3.40. The van der Waals surface area contributed by atoms with Gasteiger partial charge >= 0.3 is 0 Å². The first-order chi connectivity index (χ1) is 11.6. The van der Waals surface area contributed by atoms with E-state index >= 15 is 0 Å². The predicted molar refractivity (Wildman–Crippen MR) is 90.7 cm³/mol. The van der Waals surface area contributed by atoms with Crippen LogP contribution in [0.5, 0.6) is 0 Å². The van der Waals surface area contributed by atoms with Gasteiger partial charge in [0.2, 0.25) is 5.91 Å². The second kappa shape index (κ2) is 6.98. The molecule has 24 heavy (non-hydrogen) atoms. The Morgan fingerprint density at radius 1 is 1.46 bits per heavy atom. The van der Waals surface area contributed by atoms with E-state index in [1.165, 1.54) is 18.6 Å². The summed E-state index contributed by atoms with van der Waals surface area (Å²) in [5.41, 5.74) is 1.36. The molecule has 7 heteroatoms. The molecular weight excluding hydrogens is 308 g/mol. The van der Waals surface area contributed by atoms with E-state index in [4.69, 9.17) is 0 Å². The molecule has 1 aliphatic rings. The minimum atomic E-state index is -0.426. The monoisotopic (exact) mass is 330 g/mol. The van der Waals surface area contributed by atoms with Crippen LogP contribution >= 0.6 is 0 Å². The lowest BCUT2D eigenvalue weighted by Gasteiger charge is -2.35. The number of benzene rings is 1. The summed E-state index contributed by atoms with van der Waals surface area (Å²) >= 11 is 0. The van der Waals surface area contributed by atoms with E-state index in [2.05, 4.69) is 16.9 Å². The molecular formula is C17H22N4O3. The van der Waals surface area contributed by atoms with Crippen LogP contribution in [0.15, 0.2) is 18.2 Å². The number of H-pyrrole nitrogens is 1. The zero-order valence-corrected chi connectivity index (χ0v) is 13.8. The topological polar surface area (TPSA) is 92.1 Å². The van der Waals surface area contributed by atoms with Crippen LogP contribution in [0.3, 0.4) is 0 Å². The quantitative estimate of drug-likeness (QED) is 0.673. The Morgan fingerprint density at radius 2 is 2.29 bits per heavy atom. The number of carbonyl (C=O) groups is 1. The van der Waals surface area contributed by atoms with Crippen molar-refractivity contribution in [2.75, 3.05) is 6.54 Å². The summed E-state index contributed by atoms with van der Waals surface area (Å²) in [5.74, 6) is 0.872. The van der Waals surface area contributed by atoms with Gasteiger partial charge in [0.15, 0.2) is 0 Å². The van der Waals surface area contributed by atoms with E-state index in [9.17, 15) is 14.9 Å². The first-order valence-electron chi connectivity index (χ1n) is 8.51. The summed E-state index contributed by atoms with van der Waals surface area (Å²) in [5, 5.41) is 10.8. The number of nitrogens with zero attached hydrogens (tertiary/aromatic N) is 3. The lowest BCUT2D eigenvalue weighted by atomic mass is 9.99. The van der Waals surface area contributed by atoms with Crippen molar-refractivity contribution in [2.24, 2.45) is 0 Å². The van der Waals surface area contributed by atoms with E-state index in [1.54, 1.807) is 6.07 Å². The summed E-state index contributed by atoms with van der Waals surface area (Å²) in [6, 6.07) is 4.92. The Hall–Kier alpha value is -2.44. The number of aromatic amines is 1. The number of non-ortho nitro benzene ring substituents is 1. The molecule has 0 radical (unpaired) electrons. The van der Waals surface area contributed by atoms with Gasteiger partial charge in [-0.2, -0.15) is 0 Å². The van der Waals surface area contributed by atoms with Crippen LogP contribution in [0.25, 0.3) is 11.0 Å². The molecule has 2 heterocycles. The van der Waals surface area contributed by atoms with Gasteiger partial charge in [0.1, 0.15) is 5.82 Å². The summed E-state index contributed by atoms with van der Waals surface area (Å²) in [6.45, 7) is 2.98. The summed E-state index contributed by atoms with van der Waals surface area (Å²) in [6.07, 6.45) is 5.31. The Kier molecular flexibility index (Phi) is 4.78. The fourth-order valence-electron chi connectivity index (χ4n) is 3.40. The van der Waals surface area contributed by atoms with E-state index in [0.717, 1.165) is 25.8 Å². The number of nitro benzene ring substituents is 1. The minimum absolute atomic E-state index is 0.0351. The zero-order chi connectivity index (χ0) is 17.1. The minimum Gasteiger partial charge on any atom is -0.342 e. The molecule has 1 aromatic carbocycles. The molecule has 2 aromatic rings. The van der Waals surface area contributed by atoms with Crippen molar-refractivity contribution in [1.82, 2.24) is 14.9 Å². The summed E-state index contributed by atoms with van der Waals surface area (Å²) in [7, 11) is 0. The first-order valence-corrected chi connectivity index (χ1v) is 8.51. The van der Waals surface area contributed by atoms with Gasteiger partial charge in [-0.25, -0.2) is 4.98 Å². The number of nitrogens with one attached hydrogen (secondary N) is 1. The number of hydrogen-bond acceptors (Lipinski definition) is 4. The molecule has 0 saturated carbocycles. The molecule has 1 aromatic heterocycles. The molecule has 0 unspecified atom stereocenters. The van der Waals surface area contributed by atoms with Gasteiger partial charge in [-0.05, 0) is 31.7 Å². The van der Waals surface area contributed by atoms with E-state index in [0.29, 0.717) is 35.7 Å². The van der Waals surface area contributed by atoms with Crippen molar-refractivity contribution in [3.8, 4) is 0 Å². The number of imidazole rings is 1. The van der Waals surface area contributed by atoms with E-state index < -0.39 is 4.92 Å². The second-order valence-corrected chi connectivity index (χ2v) is 6.29. The molecule has 128 valence electrons. The number of carbonyl (C=O) groups excluding carboxylic acids is 1. The third-order valence-corrected chi connectivity index (χ3v) is 4.72. The molecule has 1 saturated heterocycles. The van der Waals surface area contributed by atoms with Gasteiger partial charge in [-0.15, -0.1) is 0 Å². The Morgan fingerprint density at radius 3 is 3.04 bits per heavy atom. The highest BCUT2D eigenvalue weighted by Crippen LogP contribution is 2.22. The van der Waals surface area contributed by atoms with Gasteiger partial charge in [0, 0.05) is 37.6 Å². The smallest absolute Gasteiger partial charge is 0.271 e. The Labute approximate surface area is 140 Å². The second-order valence-electron chi connectivity index (χ2n) is 6.29. The highest BCUT2D eigenvalue weighted by Gasteiger charge is 2.25. The molecule has 1 fully saturated rings. The maximum atomic E-state index is 12.5. The predicted octanol–water partition coefficient (Wildman–Crippen LogP) is 3.19. The number of likely N-dealkylation sites (tertiary alicyclic amines) is 1. The number of hydrogen-bond donors (Lipinski definition) is 1. The van der Waals surface area contributed by atoms with Crippen molar-refractivity contribution in [1.29, 1.82) is 0 Å². The van der Waals surface area contributed by atoms with Crippen molar-refractivity contribution in [2.45, 2.75) is 51.5 Å². The molecule has 0 aliphatic carbocycles. The van der Waals surface area contributed by atoms with Crippen molar-refractivity contribution in [3.63, 3.8) is 0 Å². The number of nitro groups is 1. The molecule has 0 bridgehead atoms. The maximum absolute atomic E-state index is 12.5. The molecule has 1 aliphatic heterocycles. The fraction of sp³-hybridized carbons (Fsp3) is 0.529. The van der Waals surface area contributed by atoms with Crippen LogP contribution in [-0.4, -0.2) is 38.3 Å². The number of piperidine rings is 1. The molecule has 7 nitrogen and oxygen atoms in total. The van der Waals surface area contributed by atoms with Gasteiger partial charge in [-0.3, -0.25) is 14.9 Å². The summed E-state index contributed by atoms with van der Waals surface area (Å²) < 4.78 is 0. The van der Waals surface area contributed by atoms with Crippen LogP contribution in [0.4, 0.5) is 5.69 Å². The average Bonchev–Trinajstić information content (AvgIpc) is 3.01. The standard InChI is InChI=1S/C17H22N4O3/c1-2-12-5-3-4-10-20(12)17(22)9-8-16-18-14-7-6-13(21(23)24)11-15(14)19-16/h6-7,11-12H,2-5,8-10H2,1H3,(H,18,19)/t12-/m0/s1. The summed E-state index contributed by atoms with van der Waals surface area (Å²) in [4.78, 5) is 32.4. The highest BCUT2D eigenvalue weighted by molar-refractivity contribution is 5.79. The third-order valence-electron chi connectivity index (χ3n) is 4.72. The van der Waals surface area contributed by atoms with Crippen LogP contribution in [0.1, 0.15) is 44.9 Å². The molecule has 3 rings (SSSR count). The molecule has 1 amide bonds. The van der Waals surface area contributed by atoms with E-state index in [-0.39, 0.29) is 11.6 Å². The Balaban J connectivity index is 1.66.